The first kappa shape index (κ1) is 22.4. The Balaban J connectivity index is 2.22. The second-order valence-corrected chi connectivity index (χ2v) is 8.30. The second-order valence-electron chi connectivity index (χ2n) is 6.95. The Kier molecular flexibility index (Phi) is 8.52. The third kappa shape index (κ3) is 6.64. The van der Waals surface area contributed by atoms with Crippen molar-refractivity contribution in [3.05, 3.63) is 69.2 Å². The van der Waals surface area contributed by atoms with Crippen molar-refractivity contribution in [2.45, 2.75) is 52.2 Å². The summed E-state index contributed by atoms with van der Waals surface area (Å²) in [6, 6.07) is 14.5. The normalized spacial score (nSPS) is 12.9. The molecule has 2 aromatic rings. The van der Waals surface area contributed by atoms with Crippen LogP contribution in [0.5, 0.6) is 0 Å². The summed E-state index contributed by atoms with van der Waals surface area (Å²) >= 11 is 9.47. The van der Waals surface area contributed by atoms with Gasteiger partial charge in [0.15, 0.2) is 0 Å². The van der Waals surface area contributed by atoms with Gasteiger partial charge < -0.3 is 10.2 Å². The molecule has 6 heteroatoms. The van der Waals surface area contributed by atoms with E-state index in [1.807, 2.05) is 50.2 Å². The minimum Gasteiger partial charge on any atom is -0.352 e. The number of rotatable bonds is 8. The summed E-state index contributed by atoms with van der Waals surface area (Å²) < 4.78 is 0.968. The molecule has 0 aliphatic heterocycles. The fourth-order valence-electron chi connectivity index (χ4n) is 2.76. The number of carbonyl (C=O) groups is 2. The standard InChI is InChI=1S/C22H26BrClN2O2/c1-4-15(2)25-22(28)16(3)26(14-17-8-10-19(23)11-9-17)21(27)13-18-6-5-7-20(24)12-18/h5-12,15-16H,4,13-14H2,1-3H3,(H,25,28)/t15-,16-/m0/s1. The number of hydrogen-bond acceptors (Lipinski definition) is 2. The topological polar surface area (TPSA) is 49.4 Å². The van der Waals surface area contributed by atoms with Crippen molar-refractivity contribution in [1.29, 1.82) is 0 Å². The average Bonchev–Trinajstić information content (AvgIpc) is 2.66. The van der Waals surface area contributed by atoms with Crippen LogP contribution in [0.1, 0.15) is 38.3 Å². The maximum absolute atomic E-state index is 13.1. The minimum atomic E-state index is -0.579. The Labute approximate surface area is 180 Å². The van der Waals surface area contributed by atoms with Gasteiger partial charge in [-0.3, -0.25) is 9.59 Å². The molecule has 0 spiro atoms. The van der Waals surface area contributed by atoms with Gasteiger partial charge in [0.1, 0.15) is 6.04 Å². The number of halogens is 2. The molecular formula is C22H26BrClN2O2. The van der Waals surface area contributed by atoms with E-state index in [4.69, 9.17) is 11.6 Å². The van der Waals surface area contributed by atoms with E-state index in [-0.39, 0.29) is 24.3 Å². The molecular weight excluding hydrogens is 440 g/mol. The van der Waals surface area contributed by atoms with Gasteiger partial charge in [0.25, 0.3) is 0 Å². The lowest BCUT2D eigenvalue weighted by atomic mass is 10.1. The Morgan fingerprint density at radius 1 is 1.11 bits per heavy atom. The largest absolute Gasteiger partial charge is 0.352 e. The van der Waals surface area contributed by atoms with E-state index in [9.17, 15) is 9.59 Å². The van der Waals surface area contributed by atoms with Crippen molar-refractivity contribution in [2.24, 2.45) is 0 Å². The molecule has 0 saturated carbocycles. The van der Waals surface area contributed by atoms with Crippen molar-refractivity contribution < 1.29 is 9.59 Å². The van der Waals surface area contributed by atoms with Gasteiger partial charge >= 0.3 is 0 Å². The average molecular weight is 466 g/mol. The van der Waals surface area contributed by atoms with Crippen LogP contribution in [-0.2, 0) is 22.6 Å². The van der Waals surface area contributed by atoms with E-state index in [1.54, 1.807) is 24.0 Å². The summed E-state index contributed by atoms with van der Waals surface area (Å²) in [6.45, 7) is 6.10. The fraction of sp³-hybridized carbons (Fsp3) is 0.364. The summed E-state index contributed by atoms with van der Waals surface area (Å²) in [4.78, 5) is 27.4. The summed E-state index contributed by atoms with van der Waals surface area (Å²) in [5.41, 5.74) is 1.79. The van der Waals surface area contributed by atoms with Crippen LogP contribution in [0, 0.1) is 0 Å². The molecule has 2 rings (SSSR count). The molecule has 150 valence electrons. The predicted octanol–water partition coefficient (Wildman–Crippen LogP) is 4.98. The van der Waals surface area contributed by atoms with Crippen molar-refractivity contribution >= 4 is 39.3 Å². The van der Waals surface area contributed by atoms with Crippen LogP contribution in [0.4, 0.5) is 0 Å². The molecule has 1 N–H and O–H groups in total. The molecule has 0 aromatic heterocycles. The van der Waals surface area contributed by atoms with Crippen LogP contribution < -0.4 is 5.32 Å². The third-order valence-electron chi connectivity index (χ3n) is 4.68. The van der Waals surface area contributed by atoms with Gasteiger partial charge in [-0.2, -0.15) is 0 Å². The zero-order valence-corrected chi connectivity index (χ0v) is 18.8. The number of carbonyl (C=O) groups excluding carboxylic acids is 2. The lowest BCUT2D eigenvalue weighted by Gasteiger charge is -2.30. The van der Waals surface area contributed by atoms with Crippen LogP contribution in [-0.4, -0.2) is 28.8 Å². The predicted molar refractivity (Wildman–Crippen MR) is 117 cm³/mol. The number of nitrogens with zero attached hydrogens (tertiary/aromatic N) is 1. The minimum absolute atomic E-state index is 0.0625. The highest BCUT2D eigenvalue weighted by molar-refractivity contribution is 9.10. The Morgan fingerprint density at radius 2 is 1.79 bits per heavy atom. The van der Waals surface area contributed by atoms with Crippen molar-refractivity contribution in [3.63, 3.8) is 0 Å². The van der Waals surface area contributed by atoms with E-state index < -0.39 is 6.04 Å². The molecule has 0 aliphatic carbocycles. The van der Waals surface area contributed by atoms with Crippen LogP contribution in [0.3, 0.4) is 0 Å². The molecule has 0 aliphatic rings. The van der Waals surface area contributed by atoms with Gasteiger partial charge in [-0.25, -0.2) is 0 Å². The highest BCUT2D eigenvalue weighted by Gasteiger charge is 2.26. The quantitative estimate of drug-likeness (QED) is 0.598. The van der Waals surface area contributed by atoms with Crippen molar-refractivity contribution in [3.8, 4) is 0 Å². The molecule has 28 heavy (non-hydrogen) atoms. The zero-order chi connectivity index (χ0) is 20.7. The number of amides is 2. The van der Waals surface area contributed by atoms with E-state index >= 15 is 0 Å². The number of benzene rings is 2. The van der Waals surface area contributed by atoms with E-state index in [2.05, 4.69) is 21.2 Å². The summed E-state index contributed by atoms with van der Waals surface area (Å²) in [6.07, 6.45) is 1.03. The molecule has 0 radical (unpaired) electrons. The summed E-state index contributed by atoms with van der Waals surface area (Å²) in [5, 5.41) is 3.56. The SMILES string of the molecule is CC[C@H](C)NC(=O)[C@H](C)N(Cc1ccc(Br)cc1)C(=O)Cc1cccc(Cl)c1. The lowest BCUT2D eigenvalue weighted by Crippen LogP contribution is -2.49. The fourth-order valence-corrected chi connectivity index (χ4v) is 3.23. The molecule has 2 amide bonds. The van der Waals surface area contributed by atoms with Crippen molar-refractivity contribution in [2.75, 3.05) is 0 Å². The Bertz CT molecular complexity index is 810. The Hall–Kier alpha value is -1.85. The number of nitrogens with one attached hydrogen (secondary N) is 1. The van der Waals surface area contributed by atoms with Crippen LogP contribution in [0.15, 0.2) is 53.0 Å². The van der Waals surface area contributed by atoms with E-state index in [1.165, 1.54) is 0 Å². The van der Waals surface area contributed by atoms with Crippen LogP contribution in [0.25, 0.3) is 0 Å². The first-order valence-corrected chi connectivity index (χ1v) is 10.6. The van der Waals surface area contributed by atoms with E-state index in [0.29, 0.717) is 11.6 Å². The van der Waals surface area contributed by atoms with Crippen LogP contribution in [0.2, 0.25) is 5.02 Å². The maximum Gasteiger partial charge on any atom is 0.242 e. The van der Waals surface area contributed by atoms with Gasteiger partial charge in [-0.15, -0.1) is 0 Å². The molecule has 0 saturated heterocycles. The van der Waals surface area contributed by atoms with Crippen molar-refractivity contribution in [1.82, 2.24) is 10.2 Å². The van der Waals surface area contributed by atoms with E-state index in [0.717, 1.165) is 22.0 Å². The van der Waals surface area contributed by atoms with Gasteiger partial charge in [-0.05, 0) is 55.7 Å². The molecule has 2 atom stereocenters. The van der Waals surface area contributed by atoms with Gasteiger partial charge in [0.05, 0.1) is 6.42 Å². The van der Waals surface area contributed by atoms with Crippen LogP contribution >= 0.6 is 27.5 Å². The monoisotopic (exact) mass is 464 g/mol. The lowest BCUT2D eigenvalue weighted by molar-refractivity contribution is -0.140. The summed E-state index contributed by atoms with van der Waals surface area (Å²) in [7, 11) is 0. The third-order valence-corrected chi connectivity index (χ3v) is 5.44. The summed E-state index contributed by atoms with van der Waals surface area (Å²) in [5.74, 6) is -0.261. The zero-order valence-electron chi connectivity index (χ0n) is 16.4. The molecule has 0 bridgehead atoms. The maximum atomic E-state index is 13.1. The highest BCUT2D eigenvalue weighted by atomic mass is 79.9. The first-order valence-electron chi connectivity index (χ1n) is 9.39. The first-order chi connectivity index (χ1) is 13.3. The second kappa shape index (κ2) is 10.6. The number of hydrogen-bond donors (Lipinski definition) is 1. The van der Waals surface area contributed by atoms with Gasteiger partial charge in [0.2, 0.25) is 11.8 Å². The molecule has 0 heterocycles. The smallest absolute Gasteiger partial charge is 0.242 e. The highest BCUT2D eigenvalue weighted by Crippen LogP contribution is 2.17. The van der Waals surface area contributed by atoms with Gasteiger partial charge in [-0.1, -0.05) is 58.7 Å². The van der Waals surface area contributed by atoms with Gasteiger partial charge in [0, 0.05) is 22.1 Å². The molecule has 0 unspecified atom stereocenters. The Morgan fingerprint density at radius 3 is 2.39 bits per heavy atom. The molecule has 2 aromatic carbocycles. The molecule has 0 fully saturated rings. The molecule has 4 nitrogen and oxygen atoms in total.